The number of carbonyl (C=O) groups is 2. The van der Waals surface area contributed by atoms with Gasteiger partial charge in [0.25, 0.3) is 5.56 Å². The van der Waals surface area contributed by atoms with E-state index in [1.807, 2.05) is 12.1 Å². The molecule has 7 nitrogen and oxygen atoms in total. The van der Waals surface area contributed by atoms with Gasteiger partial charge in [-0.2, -0.15) is 0 Å². The Bertz CT molecular complexity index is 1480. The van der Waals surface area contributed by atoms with Crippen molar-refractivity contribution in [2.45, 2.75) is 26.4 Å². The molecule has 0 saturated heterocycles. The first-order chi connectivity index (χ1) is 16.4. The molecule has 0 bridgehead atoms. The molecular weight excluding hydrogens is 432 g/mol. The van der Waals surface area contributed by atoms with Gasteiger partial charge in [-0.25, -0.2) is 4.79 Å². The molecule has 0 unspecified atom stereocenters. The van der Waals surface area contributed by atoms with Crippen LogP contribution in [0.15, 0.2) is 82.4 Å². The summed E-state index contributed by atoms with van der Waals surface area (Å²) < 4.78 is 2.79. The second-order valence-corrected chi connectivity index (χ2v) is 8.12. The highest BCUT2D eigenvalue weighted by atomic mass is 16.3. The van der Waals surface area contributed by atoms with Gasteiger partial charge in [-0.1, -0.05) is 60.7 Å². The number of carbonyl (C=O) groups excluding carboxylic acids is 2. The molecule has 34 heavy (non-hydrogen) atoms. The molecule has 0 amide bonds. The van der Waals surface area contributed by atoms with E-state index < -0.39 is 12.3 Å². The molecule has 0 spiro atoms. The number of aliphatic hydroxyl groups is 1. The Morgan fingerprint density at radius 1 is 0.794 bits per heavy atom. The number of aromatic nitrogens is 2. The van der Waals surface area contributed by atoms with Gasteiger partial charge in [0, 0.05) is 17.7 Å². The van der Waals surface area contributed by atoms with Crippen LogP contribution in [0.25, 0.3) is 10.9 Å². The number of aryl methyl sites for hydroxylation is 1. The normalized spacial score (nSPS) is 11.0. The number of hydrogen-bond donors (Lipinski definition) is 1. The number of rotatable bonds is 8. The number of hydrogen-bond acceptors (Lipinski definition) is 5. The third-order valence-electron chi connectivity index (χ3n) is 5.88. The Hall–Kier alpha value is -4.10. The summed E-state index contributed by atoms with van der Waals surface area (Å²) in [5.74, 6) is -0.395. The number of ketones is 2. The maximum atomic E-state index is 13.4. The molecule has 3 aromatic carbocycles. The van der Waals surface area contributed by atoms with Crippen LogP contribution >= 0.6 is 0 Å². The number of nitrogens with zero attached hydrogens (tertiary/aromatic N) is 2. The van der Waals surface area contributed by atoms with Gasteiger partial charge < -0.3 is 5.11 Å². The Morgan fingerprint density at radius 2 is 1.41 bits per heavy atom. The van der Waals surface area contributed by atoms with Gasteiger partial charge in [0.15, 0.2) is 11.6 Å². The van der Waals surface area contributed by atoms with E-state index in [2.05, 4.69) is 0 Å². The zero-order valence-corrected chi connectivity index (χ0v) is 18.7. The molecule has 0 saturated carbocycles. The Morgan fingerprint density at radius 3 is 2.06 bits per heavy atom. The van der Waals surface area contributed by atoms with E-state index in [0.717, 1.165) is 11.1 Å². The van der Waals surface area contributed by atoms with Crippen molar-refractivity contribution in [2.24, 2.45) is 0 Å². The topological polar surface area (TPSA) is 98.4 Å². The number of benzene rings is 3. The van der Waals surface area contributed by atoms with Crippen LogP contribution in [-0.4, -0.2) is 32.4 Å². The predicted molar refractivity (Wildman–Crippen MR) is 130 cm³/mol. The minimum absolute atomic E-state index is 0.0195. The predicted octanol–water partition coefficient (Wildman–Crippen LogP) is 2.83. The average molecular weight is 456 g/mol. The van der Waals surface area contributed by atoms with E-state index in [1.54, 1.807) is 65.2 Å². The SMILES string of the molecule is CC(=O)c1ccc(CCn2c(=O)c3ccccc3n(Cc3ccc(C(=O)CO)cc3)c2=O)cc1. The van der Waals surface area contributed by atoms with Crippen molar-refractivity contribution in [3.05, 3.63) is 116 Å². The summed E-state index contributed by atoms with van der Waals surface area (Å²) in [6, 6.07) is 20.8. The first-order valence-corrected chi connectivity index (χ1v) is 10.9. The van der Waals surface area contributed by atoms with Crippen LogP contribution in [0.4, 0.5) is 0 Å². The molecule has 4 aromatic rings. The first-order valence-electron chi connectivity index (χ1n) is 10.9. The molecule has 1 heterocycles. The van der Waals surface area contributed by atoms with Crippen molar-refractivity contribution in [3.8, 4) is 0 Å². The summed E-state index contributed by atoms with van der Waals surface area (Å²) in [5, 5.41) is 9.48. The molecule has 1 aromatic heterocycles. The van der Waals surface area contributed by atoms with Gasteiger partial charge in [0.1, 0.15) is 6.61 Å². The molecule has 1 N–H and O–H groups in total. The lowest BCUT2D eigenvalue weighted by Gasteiger charge is -2.14. The Labute approximate surface area is 195 Å². The molecule has 4 rings (SSSR count). The van der Waals surface area contributed by atoms with Crippen LogP contribution in [0.2, 0.25) is 0 Å². The van der Waals surface area contributed by atoms with E-state index >= 15 is 0 Å². The highest BCUT2D eigenvalue weighted by Gasteiger charge is 2.14. The third-order valence-corrected chi connectivity index (χ3v) is 5.88. The van der Waals surface area contributed by atoms with Gasteiger partial charge in [0.2, 0.25) is 0 Å². The van der Waals surface area contributed by atoms with Crippen LogP contribution in [0.5, 0.6) is 0 Å². The number of aliphatic hydroxyl groups excluding tert-OH is 1. The van der Waals surface area contributed by atoms with Gasteiger partial charge in [-0.05, 0) is 36.6 Å². The Kier molecular flexibility index (Phi) is 6.65. The largest absolute Gasteiger partial charge is 0.388 e. The fraction of sp³-hybridized carbons (Fsp3) is 0.185. The molecule has 7 heteroatoms. The number of Topliss-reactive ketones (excluding diaryl/α,β-unsaturated/α-hetero) is 2. The van der Waals surface area contributed by atoms with Crippen molar-refractivity contribution >= 4 is 22.5 Å². The molecular formula is C27H24N2O5. The molecule has 0 atom stereocenters. The second kappa shape index (κ2) is 9.80. The summed E-state index contributed by atoms with van der Waals surface area (Å²) in [7, 11) is 0. The van der Waals surface area contributed by atoms with Crippen LogP contribution in [0.1, 0.15) is 38.8 Å². The summed E-state index contributed by atoms with van der Waals surface area (Å²) >= 11 is 0. The van der Waals surface area contributed by atoms with Crippen LogP contribution < -0.4 is 11.2 Å². The van der Waals surface area contributed by atoms with Gasteiger partial charge in [-0.3, -0.25) is 23.5 Å². The van der Waals surface area contributed by atoms with E-state index in [-0.39, 0.29) is 30.2 Å². The quantitative estimate of drug-likeness (QED) is 0.411. The van der Waals surface area contributed by atoms with Crippen molar-refractivity contribution in [1.82, 2.24) is 9.13 Å². The monoisotopic (exact) mass is 456 g/mol. The van der Waals surface area contributed by atoms with Crippen molar-refractivity contribution in [3.63, 3.8) is 0 Å². The number of fused-ring (bicyclic) bond motifs is 1. The van der Waals surface area contributed by atoms with Crippen molar-refractivity contribution in [2.75, 3.05) is 6.61 Å². The van der Waals surface area contributed by atoms with Gasteiger partial charge in [0.05, 0.1) is 17.4 Å². The number of para-hydroxylation sites is 1. The minimum Gasteiger partial charge on any atom is -0.388 e. The van der Waals surface area contributed by atoms with Gasteiger partial charge in [-0.15, -0.1) is 0 Å². The molecule has 172 valence electrons. The van der Waals surface area contributed by atoms with E-state index in [4.69, 9.17) is 5.11 Å². The fourth-order valence-electron chi connectivity index (χ4n) is 3.94. The van der Waals surface area contributed by atoms with Crippen molar-refractivity contribution in [1.29, 1.82) is 0 Å². The Balaban J connectivity index is 1.69. The summed E-state index contributed by atoms with van der Waals surface area (Å²) in [6.45, 7) is 1.36. The van der Waals surface area contributed by atoms with E-state index in [1.165, 1.54) is 11.5 Å². The molecule has 0 fully saturated rings. The highest BCUT2D eigenvalue weighted by Crippen LogP contribution is 2.12. The third kappa shape index (κ3) is 4.65. The van der Waals surface area contributed by atoms with Crippen LogP contribution in [0, 0.1) is 0 Å². The lowest BCUT2D eigenvalue weighted by Crippen LogP contribution is -2.40. The standard InChI is InChI=1S/C27H24N2O5/c1-18(31)21-10-6-19(7-11-21)14-15-28-26(33)23-4-2-3-5-24(23)29(27(28)34)16-20-8-12-22(13-9-20)25(32)17-30/h2-13,30H,14-17H2,1H3. The molecule has 0 radical (unpaired) electrons. The van der Waals surface area contributed by atoms with E-state index in [9.17, 15) is 19.2 Å². The lowest BCUT2D eigenvalue weighted by molar-refractivity contribution is 0.0903. The molecule has 0 aliphatic heterocycles. The second-order valence-electron chi connectivity index (χ2n) is 8.12. The highest BCUT2D eigenvalue weighted by molar-refractivity contribution is 5.96. The maximum absolute atomic E-state index is 13.4. The molecule has 0 aliphatic carbocycles. The lowest BCUT2D eigenvalue weighted by atomic mass is 10.1. The van der Waals surface area contributed by atoms with Crippen LogP contribution in [-0.2, 0) is 19.5 Å². The van der Waals surface area contributed by atoms with Crippen molar-refractivity contribution < 1.29 is 14.7 Å². The average Bonchev–Trinajstić information content (AvgIpc) is 2.86. The summed E-state index contributed by atoms with van der Waals surface area (Å²) in [6.07, 6.45) is 0.462. The zero-order chi connectivity index (χ0) is 24.2. The fourth-order valence-corrected chi connectivity index (χ4v) is 3.94. The first kappa shape index (κ1) is 23.1. The van der Waals surface area contributed by atoms with Crippen LogP contribution in [0.3, 0.4) is 0 Å². The maximum Gasteiger partial charge on any atom is 0.331 e. The minimum atomic E-state index is -0.564. The summed E-state index contributed by atoms with van der Waals surface area (Å²) in [5.41, 5.74) is 2.48. The zero-order valence-electron chi connectivity index (χ0n) is 18.7. The van der Waals surface area contributed by atoms with E-state index in [0.29, 0.717) is 28.5 Å². The smallest absolute Gasteiger partial charge is 0.331 e. The molecule has 0 aliphatic rings. The van der Waals surface area contributed by atoms with Gasteiger partial charge >= 0.3 is 5.69 Å². The summed E-state index contributed by atoms with van der Waals surface area (Å²) in [4.78, 5) is 49.7.